The summed E-state index contributed by atoms with van der Waals surface area (Å²) in [6.07, 6.45) is 6.13. The molecule has 6 heteroatoms. The van der Waals surface area contributed by atoms with Crippen LogP contribution >= 0.6 is 0 Å². The third-order valence-corrected chi connectivity index (χ3v) is 3.26. The van der Waals surface area contributed by atoms with Gasteiger partial charge in [0.2, 0.25) is 0 Å². The van der Waals surface area contributed by atoms with Gasteiger partial charge in [0, 0.05) is 32.0 Å². The molecule has 1 aliphatic rings. The summed E-state index contributed by atoms with van der Waals surface area (Å²) in [6, 6.07) is 6.29. The molecule has 2 aromatic heterocycles. The van der Waals surface area contributed by atoms with E-state index in [9.17, 15) is 4.79 Å². The topological polar surface area (TPSA) is 71.8 Å². The highest BCUT2D eigenvalue weighted by atomic mass is 16.1. The summed E-state index contributed by atoms with van der Waals surface area (Å²) in [4.78, 5) is 15.8. The summed E-state index contributed by atoms with van der Waals surface area (Å²) in [7, 11) is 1.58. The quantitative estimate of drug-likeness (QED) is 0.847. The van der Waals surface area contributed by atoms with Crippen molar-refractivity contribution in [2.45, 2.75) is 25.4 Å². The second-order valence-corrected chi connectivity index (χ2v) is 4.90. The van der Waals surface area contributed by atoms with Crippen LogP contribution in [-0.4, -0.2) is 33.8 Å². The second-order valence-electron chi connectivity index (χ2n) is 4.90. The maximum atomic E-state index is 11.5. The lowest BCUT2D eigenvalue weighted by molar-refractivity contribution is 0.0957. The van der Waals surface area contributed by atoms with Gasteiger partial charge in [-0.2, -0.15) is 5.10 Å². The number of aromatic nitrogens is 3. The lowest BCUT2D eigenvalue weighted by atomic mass is 10.3. The van der Waals surface area contributed by atoms with Crippen molar-refractivity contribution in [2.75, 3.05) is 7.05 Å². The molecule has 0 radical (unpaired) electrons. The third-order valence-electron chi connectivity index (χ3n) is 3.26. The smallest absolute Gasteiger partial charge is 0.271 e. The standard InChI is InChI=1S/C14H17N5O/c1-15-14(20)12-6-7-19(18-12)13-5-2-10(9-17-13)8-16-11-3-4-11/h2,5-7,9,11,16H,3-4,8H2,1H3,(H,15,20). The molecule has 1 fully saturated rings. The molecule has 1 aliphatic carbocycles. The Morgan fingerprint density at radius 2 is 2.25 bits per heavy atom. The number of carbonyl (C=O) groups is 1. The van der Waals surface area contributed by atoms with Gasteiger partial charge in [-0.1, -0.05) is 6.07 Å². The highest BCUT2D eigenvalue weighted by Gasteiger charge is 2.19. The van der Waals surface area contributed by atoms with Crippen molar-refractivity contribution in [1.82, 2.24) is 25.4 Å². The number of carbonyl (C=O) groups excluding carboxylic acids is 1. The molecule has 6 nitrogen and oxygen atoms in total. The molecule has 0 bridgehead atoms. The molecule has 20 heavy (non-hydrogen) atoms. The molecule has 2 heterocycles. The van der Waals surface area contributed by atoms with Crippen LogP contribution in [0, 0.1) is 0 Å². The molecular weight excluding hydrogens is 254 g/mol. The minimum absolute atomic E-state index is 0.200. The monoisotopic (exact) mass is 271 g/mol. The van der Waals surface area contributed by atoms with E-state index < -0.39 is 0 Å². The van der Waals surface area contributed by atoms with Crippen molar-refractivity contribution in [3.63, 3.8) is 0 Å². The maximum Gasteiger partial charge on any atom is 0.271 e. The second kappa shape index (κ2) is 5.42. The Bertz CT molecular complexity index is 600. The summed E-state index contributed by atoms with van der Waals surface area (Å²) in [5.74, 6) is 0.504. The van der Waals surface area contributed by atoms with Crippen molar-refractivity contribution in [3.05, 3.63) is 41.9 Å². The summed E-state index contributed by atoms with van der Waals surface area (Å²) in [5.41, 5.74) is 1.54. The van der Waals surface area contributed by atoms with Gasteiger partial charge in [0.25, 0.3) is 5.91 Å². The summed E-state index contributed by atoms with van der Waals surface area (Å²) < 4.78 is 1.60. The van der Waals surface area contributed by atoms with Gasteiger partial charge in [0.15, 0.2) is 11.5 Å². The molecule has 0 saturated heterocycles. The van der Waals surface area contributed by atoms with Crippen LogP contribution in [0.15, 0.2) is 30.6 Å². The van der Waals surface area contributed by atoms with E-state index in [-0.39, 0.29) is 5.91 Å². The molecule has 1 amide bonds. The van der Waals surface area contributed by atoms with Crippen LogP contribution in [0.1, 0.15) is 28.9 Å². The molecule has 0 unspecified atom stereocenters. The maximum absolute atomic E-state index is 11.5. The number of amides is 1. The van der Waals surface area contributed by atoms with Crippen LogP contribution < -0.4 is 10.6 Å². The van der Waals surface area contributed by atoms with Crippen LogP contribution in [0.4, 0.5) is 0 Å². The first kappa shape index (κ1) is 12.8. The fourth-order valence-electron chi connectivity index (χ4n) is 1.91. The zero-order valence-corrected chi connectivity index (χ0v) is 11.3. The predicted octanol–water partition coefficient (Wildman–Crippen LogP) is 0.879. The Hall–Kier alpha value is -2.21. The van der Waals surface area contributed by atoms with E-state index in [1.54, 1.807) is 24.0 Å². The van der Waals surface area contributed by atoms with Crippen molar-refractivity contribution in [1.29, 1.82) is 0 Å². The van der Waals surface area contributed by atoms with Crippen LogP contribution in [0.3, 0.4) is 0 Å². The molecule has 1 saturated carbocycles. The van der Waals surface area contributed by atoms with Crippen LogP contribution in [-0.2, 0) is 6.54 Å². The van der Waals surface area contributed by atoms with Gasteiger partial charge in [-0.15, -0.1) is 0 Å². The number of pyridine rings is 1. The van der Waals surface area contributed by atoms with E-state index in [0.29, 0.717) is 17.6 Å². The zero-order chi connectivity index (χ0) is 13.9. The van der Waals surface area contributed by atoms with Crippen molar-refractivity contribution in [3.8, 4) is 5.82 Å². The van der Waals surface area contributed by atoms with Gasteiger partial charge in [0.1, 0.15) is 0 Å². The Labute approximate surface area is 117 Å². The minimum atomic E-state index is -0.200. The Balaban J connectivity index is 1.69. The molecular formula is C14H17N5O. The summed E-state index contributed by atoms with van der Waals surface area (Å²) >= 11 is 0. The van der Waals surface area contributed by atoms with Gasteiger partial charge in [-0.05, 0) is 30.5 Å². The van der Waals surface area contributed by atoms with E-state index in [1.165, 1.54) is 12.8 Å². The molecule has 0 aromatic carbocycles. The SMILES string of the molecule is CNC(=O)c1ccn(-c2ccc(CNC3CC3)cn2)n1. The van der Waals surface area contributed by atoms with E-state index in [1.807, 2.05) is 18.3 Å². The predicted molar refractivity (Wildman–Crippen MR) is 74.6 cm³/mol. The number of rotatable bonds is 5. The average Bonchev–Trinajstić information content (AvgIpc) is 3.19. The number of nitrogens with one attached hydrogen (secondary N) is 2. The Morgan fingerprint density at radius 1 is 1.40 bits per heavy atom. The lowest BCUT2D eigenvalue weighted by Crippen LogP contribution is -2.18. The molecule has 3 rings (SSSR count). The molecule has 2 aromatic rings. The van der Waals surface area contributed by atoms with Gasteiger partial charge in [0.05, 0.1) is 0 Å². The number of nitrogens with zero attached hydrogens (tertiary/aromatic N) is 3. The highest BCUT2D eigenvalue weighted by Crippen LogP contribution is 2.19. The molecule has 0 aliphatic heterocycles. The first-order chi connectivity index (χ1) is 9.76. The van der Waals surface area contributed by atoms with Crippen molar-refractivity contribution in [2.24, 2.45) is 0 Å². The van der Waals surface area contributed by atoms with Crippen molar-refractivity contribution < 1.29 is 4.79 Å². The Kier molecular flexibility index (Phi) is 3.47. The van der Waals surface area contributed by atoms with Crippen LogP contribution in [0.2, 0.25) is 0 Å². The Morgan fingerprint density at radius 3 is 2.90 bits per heavy atom. The lowest BCUT2D eigenvalue weighted by Gasteiger charge is -2.04. The van der Waals surface area contributed by atoms with Crippen LogP contribution in [0.5, 0.6) is 0 Å². The fourth-order valence-corrected chi connectivity index (χ4v) is 1.91. The zero-order valence-electron chi connectivity index (χ0n) is 11.3. The third kappa shape index (κ3) is 2.85. The van der Waals surface area contributed by atoms with Gasteiger partial charge in [-0.3, -0.25) is 4.79 Å². The van der Waals surface area contributed by atoms with Gasteiger partial charge >= 0.3 is 0 Å². The number of hydrogen-bond acceptors (Lipinski definition) is 4. The molecule has 0 atom stereocenters. The van der Waals surface area contributed by atoms with E-state index in [4.69, 9.17) is 0 Å². The average molecular weight is 271 g/mol. The van der Waals surface area contributed by atoms with Crippen LogP contribution in [0.25, 0.3) is 5.82 Å². The minimum Gasteiger partial charge on any atom is -0.354 e. The normalized spacial score (nSPS) is 14.2. The molecule has 104 valence electrons. The highest BCUT2D eigenvalue weighted by molar-refractivity contribution is 5.91. The van der Waals surface area contributed by atoms with E-state index in [2.05, 4.69) is 20.7 Å². The largest absolute Gasteiger partial charge is 0.354 e. The molecule has 0 spiro atoms. The first-order valence-corrected chi connectivity index (χ1v) is 6.72. The summed E-state index contributed by atoms with van der Waals surface area (Å²) in [5, 5.41) is 10.2. The van der Waals surface area contributed by atoms with E-state index >= 15 is 0 Å². The number of hydrogen-bond donors (Lipinski definition) is 2. The first-order valence-electron chi connectivity index (χ1n) is 6.72. The van der Waals surface area contributed by atoms with Gasteiger partial charge < -0.3 is 10.6 Å². The van der Waals surface area contributed by atoms with E-state index in [0.717, 1.165) is 12.1 Å². The van der Waals surface area contributed by atoms with Gasteiger partial charge in [-0.25, -0.2) is 9.67 Å². The molecule has 2 N–H and O–H groups in total. The summed E-state index contributed by atoms with van der Waals surface area (Å²) in [6.45, 7) is 0.848. The fraction of sp³-hybridized carbons (Fsp3) is 0.357. The van der Waals surface area contributed by atoms with Crippen molar-refractivity contribution >= 4 is 5.91 Å².